The predicted molar refractivity (Wildman–Crippen MR) is 64.6 cm³/mol. The minimum atomic E-state index is -0.735. The fourth-order valence-electron chi connectivity index (χ4n) is 3.22. The molecule has 0 aliphatic heterocycles. The van der Waals surface area contributed by atoms with Gasteiger partial charge in [0.05, 0.1) is 0 Å². The summed E-state index contributed by atoms with van der Waals surface area (Å²) in [6.45, 7) is 0. The van der Waals surface area contributed by atoms with Crippen LogP contribution in [-0.2, 0) is 9.59 Å². The third-order valence-corrected chi connectivity index (χ3v) is 4.13. The molecule has 3 nitrogen and oxygen atoms in total. The second-order valence-electron chi connectivity index (χ2n) is 5.27. The molecular formula is C14H20O3. The Morgan fingerprint density at radius 1 is 1.35 bits per heavy atom. The number of allylic oxidation sites excluding steroid dienone is 2. The smallest absolute Gasteiger partial charge is 0.303 e. The van der Waals surface area contributed by atoms with Crippen molar-refractivity contribution in [3.63, 3.8) is 0 Å². The first-order valence-electron chi connectivity index (χ1n) is 6.59. The molecule has 2 fully saturated rings. The highest BCUT2D eigenvalue weighted by molar-refractivity contribution is 5.87. The Bertz CT molecular complexity index is 332. The number of carbonyl (C=O) groups excluding carboxylic acids is 1. The van der Waals surface area contributed by atoms with Crippen molar-refractivity contribution in [1.82, 2.24) is 0 Å². The van der Waals surface area contributed by atoms with Gasteiger partial charge >= 0.3 is 5.97 Å². The molecule has 0 unspecified atom stereocenters. The minimum absolute atomic E-state index is 0.234. The molecule has 3 heteroatoms. The van der Waals surface area contributed by atoms with Gasteiger partial charge in [-0.2, -0.15) is 0 Å². The number of unbranched alkanes of at least 4 members (excludes halogenated alkanes) is 1. The molecule has 0 amide bonds. The molecule has 0 heterocycles. The number of carboxylic acids is 1. The van der Waals surface area contributed by atoms with Gasteiger partial charge in [-0.1, -0.05) is 12.2 Å². The van der Waals surface area contributed by atoms with Gasteiger partial charge in [0.25, 0.3) is 0 Å². The van der Waals surface area contributed by atoms with Crippen LogP contribution in [-0.4, -0.2) is 16.9 Å². The van der Waals surface area contributed by atoms with Gasteiger partial charge in [-0.25, -0.2) is 0 Å². The van der Waals surface area contributed by atoms with E-state index in [4.69, 9.17) is 5.11 Å². The number of hydrogen-bond acceptors (Lipinski definition) is 2. The van der Waals surface area contributed by atoms with Crippen LogP contribution in [0.25, 0.3) is 0 Å². The fourth-order valence-corrected chi connectivity index (χ4v) is 3.22. The van der Waals surface area contributed by atoms with Crippen molar-refractivity contribution < 1.29 is 14.7 Å². The van der Waals surface area contributed by atoms with Crippen molar-refractivity contribution in [2.75, 3.05) is 0 Å². The van der Waals surface area contributed by atoms with E-state index >= 15 is 0 Å². The summed E-state index contributed by atoms with van der Waals surface area (Å²) in [5.74, 6) is 1.02. The summed E-state index contributed by atoms with van der Waals surface area (Å²) in [4.78, 5) is 22.2. The summed E-state index contributed by atoms with van der Waals surface area (Å²) in [6.07, 6.45) is 10.2. The van der Waals surface area contributed by atoms with Crippen LogP contribution >= 0.6 is 0 Å². The van der Waals surface area contributed by atoms with Crippen molar-refractivity contribution in [3.05, 3.63) is 12.2 Å². The molecule has 0 spiro atoms. The van der Waals surface area contributed by atoms with E-state index in [2.05, 4.69) is 6.08 Å². The van der Waals surface area contributed by atoms with Gasteiger partial charge < -0.3 is 5.11 Å². The van der Waals surface area contributed by atoms with Gasteiger partial charge in [-0.15, -0.1) is 0 Å². The predicted octanol–water partition coefficient (Wildman–Crippen LogP) is 2.80. The lowest BCUT2D eigenvalue weighted by Gasteiger charge is -2.18. The molecule has 0 aromatic carbocycles. The van der Waals surface area contributed by atoms with E-state index in [1.807, 2.05) is 6.08 Å². The number of rotatable bonds is 6. The van der Waals surface area contributed by atoms with E-state index < -0.39 is 5.97 Å². The highest BCUT2D eigenvalue weighted by Gasteiger charge is 2.45. The first-order valence-corrected chi connectivity index (χ1v) is 6.59. The van der Waals surface area contributed by atoms with E-state index in [9.17, 15) is 9.59 Å². The standard InChI is InChI=1S/C14H20O3/c15-13(16)6-4-2-1-3-5-12-10-7-8-11(9-10)14(12)17/h1,3,10-12H,2,4-9H2,(H,15,16)/t10-,11+,12-/m0/s1. The number of aliphatic carboxylic acids is 1. The number of ketones is 1. The normalized spacial score (nSPS) is 31.5. The lowest BCUT2D eigenvalue weighted by molar-refractivity contribution is -0.137. The number of carbonyl (C=O) groups is 2. The van der Waals surface area contributed by atoms with Crippen molar-refractivity contribution in [3.8, 4) is 0 Å². The highest BCUT2D eigenvalue weighted by atomic mass is 16.4. The average Bonchev–Trinajstić information content (AvgIpc) is 2.85. The second-order valence-corrected chi connectivity index (χ2v) is 5.27. The Labute approximate surface area is 102 Å². The summed E-state index contributed by atoms with van der Waals surface area (Å²) in [5, 5.41) is 8.48. The van der Waals surface area contributed by atoms with E-state index in [1.165, 1.54) is 6.42 Å². The zero-order valence-electron chi connectivity index (χ0n) is 10.1. The van der Waals surface area contributed by atoms with Gasteiger partial charge in [0.15, 0.2) is 0 Å². The maximum absolute atomic E-state index is 11.9. The van der Waals surface area contributed by atoms with Gasteiger partial charge in [-0.3, -0.25) is 9.59 Å². The zero-order valence-corrected chi connectivity index (χ0v) is 10.1. The van der Waals surface area contributed by atoms with E-state index in [0.717, 1.165) is 25.7 Å². The van der Waals surface area contributed by atoms with Crippen LogP contribution in [0.4, 0.5) is 0 Å². The summed E-state index contributed by atoms with van der Waals surface area (Å²) in [6, 6.07) is 0. The molecule has 2 bridgehead atoms. The van der Waals surface area contributed by atoms with Crippen molar-refractivity contribution in [2.45, 2.75) is 44.9 Å². The van der Waals surface area contributed by atoms with Crippen LogP contribution in [0.1, 0.15) is 44.9 Å². The topological polar surface area (TPSA) is 54.4 Å². The Balaban J connectivity index is 1.67. The molecule has 1 N–H and O–H groups in total. The van der Waals surface area contributed by atoms with Crippen molar-refractivity contribution in [2.24, 2.45) is 17.8 Å². The SMILES string of the molecule is O=C(O)CCCC=CC[C@@H]1C(=O)[C@@H]2CC[C@H]1C2. The third-order valence-electron chi connectivity index (χ3n) is 4.13. The number of hydrogen-bond donors (Lipinski definition) is 1. The minimum Gasteiger partial charge on any atom is -0.481 e. The van der Waals surface area contributed by atoms with Crippen LogP contribution in [0.15, 0.2) is 12.2 Å². The molecule has 0 radical (unpaired) electrons. The summed E-state index contributed by atoms with van der Waals surface area (Å²) in [7, 11) is 0. The van der Waals surface area contributed by atoms with Gasteiger partial charge in [0.1, 0.15) is 5.78 Å². The Kier molecular flexibility index (Phi) is 3.97. The maximum atomic E-state index is 11.9. The van der Waals surface area contributed by atoms with Gasteiger partial charge in [0, 0.05) is 18.3 Å². The molecule has 17 heavy (non-hydrogen) atoms. The summed E-state index contributed by atoms with van der Waals surface area (Å²) in [5.41, 5.74) is 0. The number of Topliss-reactive ketones (excluding diaryl/α,β-unsaturated/α-hetero) is 1. The van der Waals surface area contributed by atoms with Crippen LogP contribution in [0.3, 0.4) is 0 Å². The van der Waals surface area contributed by atoms with Crippen LogP contribution in [0, 0.1) is 17.8 Å². The van der Waals surface area contributed by atoms with Crippen LogP contribution < -0.4 is 0 Å². The largest absolute Gasteiger partial charge is 0.481 e. The van der Waals surface area contributed by atoms with Gasteiger partial charge in [0.2, 0.25) is 0 Å². The third kappa shape index (κ3) is 2.96. The molecule has 2 rings (SSSR count). The van der Waals surface area contributed by atoms with Gasteiger partial charge in [-0.05, 0) is 44.4 Å². The monoisotopic (exact) mass is 236 g/mol. The molecule has 3 atom stereocenters. The van der Waals surface area contributed by atoms with Crippen molar-refractivity contribution >= 4 is 11.8 Å². The second kappa shape index (κ2) is 5.48. The Morgan fingerprint density at radius 2 is 2.18 bits per heavy atom. The molecule has 94 valence electrons. The van der Waals surface area contributed by atoms with E-state index in [-0.39, 0.29) is 12.3 Å². The first kappa shape index (κ1) is 12.3. The van der Waals surface area contributed by atoms with Crippen LogP contribution in [0.5, 0.6) is 0 Å². The molecule has 0 aromatic heterocycles. The number of carboxylic acid groups (broad SMARTS) is 1. The number of fused-ring (bicyclic) bond motifs is 2. The van der Waals surface area contributed by atoms with E-state index in [0.29, 0.717) is 24.0 Å². The summed E-state index contributed by atoms with van der Waals surface area (Å²) < 4.78 is 0. The molecule has 2 saturated carbocycles. The molecular weight excluding hydrogens is 216 g/mol. The first-order chi connectivity index (χ1) is 8.18. The highest BCUT2D eigenvalue weighted by Crippen LogP contribution is 2.47. The zero-order chi connectivity index (χ0) is 12.3. The molecule has 2 aliphatic carbocycles. The Hall–Kier alpha value is -1.12. The lowest BCUT2D eigenvalue weighted by Crippen LogP contribution is -2.21. The molecule has 0 aromatic rings. The van der Waals surface area contributed by atoms with E-state index in [1.54, 1.807) is 0 Å². The lowest BCUT2D eigenvalue weighted by atomic mass is 9.85. The molecule has 0 saturated heterocycles. The quantitative estimate of drug-likeness (QED) is 0.570. The molecule has 2 aliphatic rings. The van der Waals surface area contributed by atoms with Crippen molar-refractivity contribution in [1.29, 1.82) is 0 Å². The Morgan fingerprint density at radius 3 is 2.82 bits per heavy atom. The average molecular weight is 236 g/mol. The summed E-state index contributed by atoms with van der Waals surface area (Å²) >= 11 is 0. The maximum Gasteiger partial charge on any atom is 0.303 e. The fraction of sp³-hybridized carbons (Fsp3) is 0.714. The van der Waals surface area contributed by atoms with Crippen LogP contribution in [0.2, 0.25) is 0 Å².